The second-order valence-electron chi connectivity index (χ2n) is 4.21. The van der Waals surface area contributed by atoms with E-state index in [-0.39, 0.29) is 5.97 Å². The van der Waals surface area contributed by atoms with E-state index in [0.717, 1.165) is 5.56 Å². The molecule has 0 spiro atoms. The molecule has 0 saturated carbocycles. The Hall–Kier alpha value is -2.56. The van der Waals surface area contributed by atoms with Gasteiger partial charge in [-0.25, -0.2) is 9.78 Å². The fourth-order valence-corrected chi connectivity index (χ4v) is 1.78. The van der Waals surface area contributed by atoms with Gasteiger partial charge < -0.3 is 14.2 Å². The van der Waals surface area contributed by atoms with Gasteiger partial charge in [0.2, 0.25) is 5.88 Å². The summed E-state index contributed by atoms with van der Waals surface area (Å²) in [7, 11) is 1.57. The minimum absolute atomic E-state index is 0.335. The van der Waals surface area contributed by atoms with Gasteiger partial charge in [0.1, 0.15) is 12.4 Å². The van der Waals surface area contributed by atoms with Crippen molar-refractivity contribution in [2.24, 2.45) is 0 Å². The fourth-order valence-electron chi connectivity index (χ4n) is 1.78. The molecule has 0 aliphatic carbocycles. The summed E-state index contributed by atoms with van der Waals surface area (Å²) in [5, 5.41) is 0. The van der Waals surface area contributed by atoms with Crippen LogP contribution in [0, 0.1) is 0 Å². The highest BCUT2D eigenvalue weighted by Crippen LogP contribution is 2.18. The van der Waals surface area contributed by atoms with Gasteiger partial charge in [-0.15, -0.1) is 0 Å². The molecule has 21 heavy (non-hydrogen) atoms. The van der Waals surface area contributed by atoms with Crippen molar-refractivity contribution in [1.82, 2.24) is 4.98 Å². The van der Waals surface area contributed by atoms with Crippen molar-refractivity contribution < 1.29 is 19.0 Å². The van der Waals surface area contributed by atoms with E-state index in [4.69, 9.17) is 14.2 Å². The van der Waals surface area contributed by atoms with Crippen molar-refractivity contribution in [3.63, 3.8) is 0 Å². The van der Waals surface area contributed by atoms with E-state index in [1.807, 2.05) is 12.1 Å². The van der Waals surface area contributed by atoms with Crippen LogP contribution in [0.3, 0.4) is 0 Å². The molecule has 0 saturated heterocycles. The summed E-state index contributed by atoms with van der Waals surface area (Å²) in [6, 6.07) is 10.5. The summed E-state index contributed by atoms with van der Waals surface area (Å²) in [5.74, 6) is 0.868. The number of aromatic nitrogens is 1. The van der Waals surface area contributed by atoms with Gasteiger partial charge in [0.05, 0.1) is 24.8 Å². The van der Waals surface area contributed by atoms with Crippen LogP contribution < -0.4 is 9.47 Å². The number of esters is 1. The zero-order chi connectivity index (χ0) is 15.1. The molecule has 0 aliphatic rings. The number of rotatable bonds is 6. The lowest BCUT2D eigenvalue weighted by atomic mass is 10.2. The average molecular weight is 287 g/mol. The van der Waals surface area contributed by atoms with Crippen molar-refractivity contribution in [2.75, 3.05) is 13.7 Å². The molecule has 1 heterocycles. The molecule has 1 aromatic heterocycles. The Balaban J connectivity index is 1.99. The number of methoxy groups -OCH3 is 1. The fraction of sp³-hybridized carbons (Fsp3) is 0.250. The third-order valence-electron chi connectivity index (χ3n) is 2.80. The zero-order valence-electron chi connectivity index (χ0n) is 12.0. The molecule has 0 bridgehead atoms. The minimum atomic E-state index is -0.335. The predicted molar refractivity (Wildman–Crippen MR) is 77.5 cm³/mol. The summed E-state index contributed by atoms with van der Waals surface area (Å²) < 4.78 is 15.7. The van der Waals surface area contributed by atoms with Crippen LogP contribution in [0.2, 0.25) is 0 Å². The SMILES string of the molecule is CCOC(=O)c1ccc(OCc2cccnc2OC)cc1. The molecule has 0 N–H and O–H groups in total. The monoisotopic (exact) mass is 287 g/mol. The molecule has 2 aromatic rings. The maximum atomic E-state index is 11.5. The Kier molecular flexibility index (Phi) is 5.15. The molecular formula is C16H17NO4. The normalized spacial score (nSPS) is 10.0. The van der Waals surface area contributed by atoms with E-state index in [1.165, 1.54) is 0 Å². The Morgan fingerprint density at radius 3 is 2.62 bits per heavy atom. The second-order valence-corrected chi connectivity index (χ2v) is 4.21. The van der Waals surface area contributed by atoms with Crippen molar-refractivity contribution in [2.45, 2.75) is 13.5 Å². The molecule has 5 nitrogen and oxygen atoms in total. The van der Waals surface area contributed by atoms with Crippen LogP contribution >= 0.6 is 0 Å². The van der Waals surface area contributed by atoms with E-state index in [9.17, 15) is 4.79 Å². The Morgan fingerprint density at radius 1 is 1.19 bits per heavy atom. The van der Waals surface area contributed by atoms with Crippen LogP contribution in [0.5, 0.6) is 11.6 Å². The summed E-state index contributed by atoms with van der Waals surface area (Å²) in [5.41, 5.74) is 1.36. The van der Waals surface area contributed by atoms with E-state index < -0.39 is 0 Å². The van der Waals surface area contributed by atoms with Gasteiger partial charge in [-0.05, 0) is 43.3 Å². The molecule has 0 aliphatic heterocycles. The maximum absolute atomic E-state index is 11.5. The van der Waals surface area contributed by atoms with Crippen molar-refractivity contribution in [1.29, 1.82) is 0 Å². The molecule has 0 amide bonds. The number of hydrogen-bond donors (Lipinski definition) is 0. The van der Waals surface area contributed by atoms with Crippen molar-refractivity contribution in [3.8, 4) is 11.6 Å². The van der Waals surface area contributed by atoms with E-state index >= 15 is 0 Å². The highest BCUT2D eigenvalue weighted by atomic mass is 16.5. The van der Waals surface area contributed by atoms with Crippen LogP contribution in [-0.4, -0.2) is 24.7 Å². The molecule has 1 aromatic carbocycles. The number of nitrogens with zero attached hydrogens (tertiary/aromatic N) is 1. The van der Waals surface area contributed by atoms with Crippen molar-refractivity contribution in [3.05, 3.63) is 53.7 Å². The summed E-state index contributed by atoms with van der Waals surface area (Å²) in [4.78, 5) is 15.6. The maximum Gasteiger partial charge on any atom is 0.338 e. The van der Waals surface area contributed by atoms with Crippen LogP contribution in [0.4, 0.5) is 0 Å². The minimum Gasteiger partial charge on any atom is -0.489 e. The van der Waals surface area contributed by atoms with Crippen molar-refractivity contribution >= 4 is 5.97 Å². The van der Waals surface area contributed by atoms with E-state index in [0.29, 0.717) is 30.4 Å². The highest BCUT2D eigenvalue weighted by Gasteiger charge is 2.07. The zero-order valence-corrected chi connectivity index (χ0v) is 12.0. The number of carbonyl (C=O) groups excluding carboxylic acids is 1. The number of pyridine rings is 1. The molecule has 0 unspecified atom stereocenters. The first kappa shape index (κ1) is 14.8. The smallest absolute Gasteiger partial charge is 0.338 e. The van der Waals surface area contributed by atoms with E-state index in [2.05, 4.69) is 4.98 Å². The van der Waals surface area contributed by atoms with Crippen LogP contribution in [0.1, 0.15) is 22.8 Å². The Labute approximate surface area is 123 Å². The van der Waals surface area contributed by atoms with Crippen LogP contribution in [-0.2, 0) is 11.3 Å². The Morgan fingerprint density at radius 2 is 1.95 bits per heavy atom. The second kappa shape index (κ2) is 7.28. The summed E-state index contributed by atoms with van der Waals surface area (Å²) in [6.07, 6.45) is 1.66. The average Bonchev–Trinajstić information content (AvgIpc) is 2.54. The number of benzene rings is 1. The third-order valence-corrected chi connectivity index (χ3v) is 2.80. The summed E-state index contributed by atoms with van der Waals surface area (Å²) in [6.45, 7) is 2.48. The first-order chi connectivity index (χ1) is 10.2. The summed E-state index contributed by atoms with van der Waals surface area (Å²) >= 11 is 0. The van der Waals surface area contributed by atoms with Gasteiger partial charge >= 0.3 is 5.97 Å². The van der Waals surface area contributed by atoms with E-state index in [1.54, 1.807) is 44.5 Å². The lowest BCUT2D eigenvalue weighted by molar-refractivity contribution is 0.0526. The topological polar surface area (TPSA) is 57.7 Å². The van der Waals surface area contributed by atoms with Crippen LogP contribution in [0.15, 0.2) is 42.6 Å². The Bertz CT molecular complexity index is 595. The van der Waals surface area contributed by atoms with Gasteiger partial charge in [0, 0.05) is 6.20 Å². The van der Waals surface area contributed by atoms with Gasteiger partial charge in [0.15, 0.2) is 0 Å². The molecule has 110 valence electrons. The first-order valence-corrected chi connectivity index (χ1v) is 6.62. The molecule has 0 radical (unpaired) electrons. The molecular weight excluding hydrogens is 270 g/mol. The van der Waals surface area contributed by atoms with Gasteiger partial charge in [-0.2, -0.15) is 0 Å². The lowest BCUT2D eigenvalue weighted by Crippen LogP contribution is -2.04. The van der Waals surface area contributed by atoms with Gasteiger partial charge in [-0.1, -0.05) is 0 Å². The first-order valence-electron chi connectivity index (χ1n) is 6.62. The van der Waals surface area contributed by atoms with Gasteiger partial charge in [-0.3, -0.25) is 0 Å². The third kappa shape index (κ3) is 3.95. The molecule has 0 atom stereocenters. The number of carbonyl (C=O) groups is 1. The highest BCUT2D eigenvalue weighted by molar-refractivity contribution is 5.89. The standard InChI is InChI=1S/C16H17NO4/c1-3-20-16(18)12-6-8-14(9-7-12)21-11-13-5-4-10-17-15(13)19-2/h4-10H,3,11H2,1-2H3. The lowest BCUT2D eigenvalue weighted by Gasteiger charge is -2.09. The number of hydrogen-bond acceptors (Lipinski definition) is 5. The van der Waals surface area contributed by atoms with Gasteiger partial charge in [0.25, 0.3) is 0 Å². The molecule has 0 fully saturated rings. The molecule has 2 rings (SSSR count). The quantitative estimate of drug-likeness (QED) is 0.765. The largest absolute Gasteiger partial charge is 0.489 e. The number of ether oxygens (including phenoxy) is 3. The predicted octanol–water partition coefficient (Wildman–Crippen LogP) is 2.85. The molecule has 5 heteroatoms. The van der Waals surface area contributed by atoms with Crippen LogP contribution in [0.25, 0.3) is 0 Å².